The zero-order chi connectivity index (χ0) is 22.9. The third-order valence-corrected chi connectivity index (χ3v) is 5.29. The van der Waals surface area contributed by atoms with Crippen molar-refractivity contribution in [3.05, 3.63) is 65.7 Å². The van der Waals surface area contributed by atoms with E-state index in [4.69, 9.17) is 9.47 Å². The normalized spacial score (nSPS) is 11.4. The highest BCUT2D eigenvalue weighted by atomic mass is 32.1. The van der Waals surface area contributed by atoms with Crippen molar-refractivity contribution in [1.29, 1.82) is 0 Å². The number of hydrogen-bond acceptors (Lipinski definition) is 6. The van der Waals surface area contributed by atoms with Crippen LogP contribution in [0.3, 0.4) is 0 Å². The molecule has 164 valence electrons. The Bertz CT molecular complexity index is 1250. The van der Waals surface area contributed by atoms with Crippen molar-refractivity contribution in [3.63, 3.8) is 0 Å². The number of ether oxygens (including phenoxy) is 2. The SMILES string of the molecule is COc1ccc(-c2cc(C(F)(F)F)nn2-c2nc(-c3ccc(OC(C)=O)cc3)cs2)cc1. The van der Waals surface area contributed by atoms with Gasteiger partial charge in [-0.1, -0.05) is 0 Å². The summed E-state index contributed by atoms with van der Waals surface area (Å²) >= 11 is 1.16. The molecule has 0 saturated carbocycles. The van der Waals surface area contributed by atoms with Gasteiger partial charge >= 0.3 is 12.1 Å². The van der Waals surface area contributed by atoms with Crippen molar-refractivity contribution in [1.82, 2.24) is 14.8 Å². The minimum atomic E-state index is -4.60. The molecule has 0 amide bonds. The summed E-state index contributed by atoms with van der Waals surface area (Å²) in [5.74, 6) is 0.545. The Labute approximate surface area is 184 Å². The molecule has 2 aromatic carbocycles. The molecule has 4 rings (SSSR count). The maximum absolute atomic E-state index is 13.4. The molecule has 10 heteroatoms. The quantitative estimate of drug-likeness (QED) is 0.286. The van der Waals surface area contributed by atoms with Crippen LogP contribution < -0.4 is 9.47 Å². The van der Waals surface area contributed by atoms with Gasteiger partial charge in [0.2, 0.25) is 5.13 Å². The molecule has 32 heavy (non-hydrogen) atoms. The first-order valence-electron chi connectivity index (χ1n) is 9.31. The van der Waals surface area contributed by atoms with Crippen molar-refractivity contribution in [2.45, 2.75) is 13.1 Å². The van der Waals surface area contributed by atoms with Gasteiger partial charge in [0.1, 0.15) is 11.5 Å². The summed E-state index contributed by atoms with van der Waals surface area (Å²) in [7, 11) is 1.51. The van der Waals surface area contributed by atoms with E-state index in [2.05, 4.69) is 10.1 Å². The predicted molar refractivity (Wildman–Crippen MR) is 113 cm³/mol. The van der Waals surface area contributed by atoms with Crippen LogP contribution in [0.5, 0.6) is 11.5 Å². The van der Waals surface area contributed by atoms with E-state index in [-0.39, 0.29) is 10.8 Å². The number of thiazole rings is 1. The van der Waals surface area contributed by atoms with Gasteiger partial charge in [0.05, 0.1) is 18.5 Å². The number of nitrogens with zero attached hydrogens (tertiary/aromatic N) is 3. The van der Waals surface area contributed by atoms with Crippen molar-refractivity contribution in [3.8, 4) is 39.1 Å². The molecule has 4 aromatic rings. The van der Waals surface area contributed by atoms with Gasteiger partial charge in [-0.2, -0.15) is 18.3 Å². The lowest BCUT2D eigenvalue weighted by Crippen LogP contribution is -2.07. The number of benzene rings is 2. The molecule has 0 spiro atoms. The first-order chi connectivity index (χ1) is 15.2. The number of rotatable bonds is 5. The molecule has 0 unspecified atom stereocenters. The molecule has 0 bridgehead atoms. The maximum Gasteiger partial charge on any atom is 0.435 e. The van der Waals surface area contributed by atoms with E-state index in [0.717, 1.165) is 23.0 Å². The van der Waals surface area contributed by atoms with Crippen LogP contribution in [-0.2, 0) is 11.0 Å². The summed E-state index contributed by atoms with van der Waals surface area (Å²) in [5, 5.41) is 5.78. The minimum absolute atomic E-state index is 0.256. The molecule has 0 saturated heterocycles. The second-order valence-corrected chi connectivity index (χ2v) is 7.52. The smallest absolute Gasteiger partial charge is 0.435 e. The first kappa shape index (κ1) is 21.6. The van der Waals surface area contributed by atoms with Gasteiger partial charge in [0, 0.05) is 23.4 Å². The third-order valence-electron chi connectivity index (χ3n) is 4.47. The van der Waals surface area contributed by atoms with Crippen molar-refractivity contribution in [2.75, 3.05) is 7.11 Å². The van der Waals surface area contributed by atoms with Gasteiger partial charge in [-0.05, 0) is 54.6 Å². The van der Waals surface area contributed by atoms with Crippen molar-refractivity contribution in [2.24, 2.45) is 0 Å². The zero-order valence-electron chi connectivity index (χ0n) is 16.9. The lowest BCUT2D eigenvalue weighted by atomic mass is 10.1. The molecule has 0 aliphatic rings. The van der Waals surface area contributed by atoms with Gasteiger partial charge in [-0.25, -0.2) is 9.67 Å². The summed E-state index contributed by atoms with van der Waals surface area (Å²) in [5.41, 5.74) is 1.06. The van der Waals surface area contributed by atoms with Crippen LogP contribution in [0.15, 0.2) is 60.0 Å². The molecule has 0 atom stereocenters. The van der Waals surface area contributed by atoms with Crippen LogP contribution in [0.25, 0.3) is 27.6 Å². The Morgan fingerprint density at radius 3 is 2.22 bits per heavy atom. The highest BCUT2D eigenvalue weighted by Gasteiger charge is 2.35. The van der Waals surface area contributed by atoms with Crippen LogP contribution in [0.4, 0.5) is 13.2 Å². The second kappa shape index (κ2) is 8.46. The van der Waals surface area contributed by atoms with Crippen molar-refractivity contribution >= 4 is 17.3 Å². The summed E-state index contributed by atoms with van der Waals surface area (Å²) in [6, 6.07) is 14.3. The Morgan fingerprint density at radius 2 is 1.62 bits per heavy atom. The zero-order valence-corrected chi connectivity index (χ0v) is 17.7. The fourth-order valence-corrected chi connectivity index (χ4v) is 3.78. The minimum Gasteiger partial charge on any atom is -0.497 e. The summed E-state index contributed by atoms with van der Waals surface area (Å²) < 4.78 is 51.5. The van der Waals surface area contributed by atoms with Crippen LogP contribution >= 0.6 is 11.3 Å². The number of carbonyl (C=O) groups is 1. The van der Waals surface area contributed by atoms with E-state index >= 15 is 0 Å². The van der Waals surface area contributed by atoms with Gasteiger partial charge in [-0.15, -0.1) is 11.3 Å². The predicted octanol–water partition coefficient (Wildman–Crippen LogP) is 5.62. The second-order valence-electron chi connectivity index (χ2n) is 6.69. The largest absolute Gasteiger partial charge is 0.497 e. The molecular formula is C22H16F3N3O3S. The molecule has 0 aliphatic heterocycles. The van der Waals surface area contributed by atoms with Gasteiger partial charge in [0.15, 0.2) is 5.69 Å². The van der Waals surface area contributed by atoms with Crippen LogP contribution in [-0.4, -0.2) is 27.8 Å². The number of carbonyl (C=O) groups excluding carboxylic acids is 1. The number of esters is 1. The van der Waals surface area contributed by atoms with E-state index in [1.807, 2.05) is 0 Å². The Kier molecular flexibility index (Phi) is 5.70. The molecule has 0 radical (unpaired) electrons. The van der Waals surface area contributed by atoms with E-state index in [1.165, 1.54) is 18.7 Å². The molecule has 0 fully saturated rings. The number of halogens is 3. The average molecular weight is 459 g/mol. The fraction of sp³-hybridized carbons (Fsp3) is 0.136. The highest BCUT2D eigenvalue weighted by Crippen LogP contribution is 2.35. The summed E-state index contributed by atoms with van der Waals surface area (Å²) in [6.45, 7) is 1.31. The van der Waals surface area contributed by atoms with Gasteiger partial charge in [0.25, 0.3) is 0 Å². The highest BCUT2D eigenvalue weighted by molar-refractivity contribution is 7.12. The lowest BCUT2D eigenvalue weighted by Gasteiger charge is -2.05. The molecule has 0 N–H and O–H groups in total. The topological polar surface area (TPSA) is 66.2 Å². The first-order valence-corrected chi connectivity index (χ1v) is 10.2. The maximum atomic E-state index is 13.4. The Hall–Kier alpha value is -3.66. The van der Waals surface area contributed by atoms with E-state index in [0.29, 0.717) is 22.8 Å². The van der Waals surface area contributed by atoms with Crippen LogP contribution in [0.2, 0.25) is 0 Å². The lowest BCUT2D eigenvalue weighted by molar-refractivity contribution is -0.141. The summed E-state index contributed by atoms with van der Waals surface area (Å²) in [4.78, 5) is 15.5. The molecule has 0 aliphatic carbocycles. The van der Waals surface area contributed by atoms with E-state index in [9.17, 15) is 18.0 Å². The van der Waals surface area contributed by atoms with Crippen molar-refractivity contribution < 1.29 is 27.4 Å². The fourth-order valence-electron chi connectivity index (χ4n) is 2.99. The molecular weight excluding hydrogens is 443 g/mol. The van der Waals surface area contributed by atoms with E-state index < -0.39 is 17.8 Å². The molecule has 2 heterocycles. The number of alkyl halides is 3. The van der Waals surface area contributed by atoms with Crippen LogP contribution in [0, 0.1) is 0 Å². The molecule has 2 aromatic heterocycles. The Balaban J connectivity index is 1.72. The molecule has 6 nitrogen and oxygen atoms in total. The number of methoxy groups -OCH3 is 1. The summed E-state index contributed by atoms with van der Waals surface area (Å²) in [6.07, 6.45) is -4.60. The van der Waals surface area contributed by atoms with Crippen LogP contribution in [0.1, 0.15) is 12.6 Å². The average Bonchev–Trinajstić information content (AvgIpc) is 3.41. The van der Waals surface area contributed by atoms with Gasteiger partial charge < -0.3 is 9.47 Å². The third kappa shape index (κ3) is 4.50. The van der Waals surface area contributed by atoms with Gasteiger partial charge in [-0.3, -0.25) is 4.79 Å². The monoisotopic (exact) mass is 459 g/mol. The van der Waals surface area contributed by atoms with E-state index in [1.54, 1.807) is 53.9 Å². The Morgan fingerprint density at radius 1 is 1.00 bits per heavy atom. The number of aromatic nitrogens is 3. The standard InChI is InChI=1S/C22H16F3N3O3S/c1-13(29)31-17-9-3-14(4-10-17)18-12-32-21(26-18)28-19(11-20(27-28)22(23,24)25)15-5-7-16(30-2)8-6-15/h3-12H,1-2H3. The number of hydrogen-bond donors (Lipinski definition) is 0.